The number of benzene rings is 1. The summed E-state index contributed by atoms with van der Waals surface area (Å²) in [6.45, 7) is 1.37. The minimum Gasteiger partial charge on any atom is -0.399 e. The molecule has 1 aromatic rings. The molecule has 0 aliphatic carbocycles. The van der Waals surface area contributed by atoms with Crippen molar-refractivity contribution in [2.75, 3.05) is 11.1 Å². The summed E-state index contributed by atoms with van der Waals surface area (Å²) in [5.74, 6) is -0.810. The highest BCUT2D eigenvalue weighted by Crippen LogP contribution is 2.16. The van der Waals surface area contributed by atoms with Crippen molar-refractivity contribution in [3.05, 3.63) is 23.8 Å². The molecule has 0 spiro atoms. The Hall–Kier alpha value is -2.04. The van der Waals surface area contributed by atoms with Crippen molar-refractivity contribution in [3.63, 3.8) is 0 Å². The van der Waals surface area contributed by atoms with Crippen molar-refractivity contribution in [3.8, 4) is 0 Å². The summed E-state index contributed by atoms with van der Waals surface area (Å²) in [6, 6.07) is 4.47. The van der Waals surface area contributed by atoms with Crippen molar-refractivity contribution in [1.82, 2.24) is 0 Å². The van der Waals surface area contributed by atoms with Gasteiger partial charge < -0.3 is 16.8 Å². The Kier molecular flexibility index (Phi) is 2.71. The molecule has 0 fully saturated rings. The van der Waals surface area contributed by atoms with Crippen molar-refractivity contribution in [2.45, 2.75) is 6.92 Å². The van der Waals surface area contributed by atoms with Crippen molar-refractivity contribution in [1.29, 1.82) is 0 Å². The predicted molar refractivity (Wildman–Crippen MR) is 53.7 cm³/mol. The van der Waals surface area contributed by atoms with Crippen LogP contribution in [-0.4, -0.2) is 11.8 Å². The molecule has 0 saturated carbocycles. The Labute approximate surface area is 81.1 Å². The van der Waals surface area contributed by atoms with Gasteiger partial charge in [0.05, 0.1) is 0 Å². The number of amides is 2. The number of nitrogen functional groups attached to an aromatic ring is 1. The lowest BCUT2D eigenvalue weighted by Gasteiger charge is -2.05. The second-order valence-electron chi connectivity index (χ2n) is 2.89. The highest BCUT2D eigenvalue weighted by Gasteiger charge is 2.04. The van der Waals surface area contributed by atoms with E-state index in [-0.39, 0.29) is 11.5 Å². The molecule has 5 nitrogen and oxygen atoms in total. The van der Waals surface area contributed by atoms with Gasteiger partial charge in [0.25, 0.3) is 0 Å². The average molecular weight is 193 g/mol. The van der Waals surface area contributed by atoms with Gasteiger partial charge in [0, 0.05) is 23.9 Å². The molecule has 1 aromatic carbocycles. The number of hydrogen-bond donors (Lipinski definition) is 3. The molecule has 0 radical (unpaired) electrons. The summed E-state index contributed by atoms with van der Waals surface area (Å²) >= 11 is 0. The van der Waals surface area contributed by atoms with E-state index in [1.807, 2.05) is 0 Å². The summed E-state index contributed by atoms with van der Waals surface area (Å²) < 4.78 is 0. The molecule has 5 N–H and O–H groups in total. The van der Waals surface area contributed by atoms with Gasteiger partial charge in [0.15, 0.2) is 0 Å². The van der Waals surface area contributed by atoms with Crippen LogP contribution in [0.25, 0.3) is 0 Å². The first-order chi connectivity index (χ1) is 6.49. The number of rotatable bonds is 2. The number of hydrogen-bond acceptors (Lipinski definition) is 3. The maximum Gasteiger partial charge on any atom is 0.248 e. The molecular formula is C9H11N3O2. The van der Waals surface area contributed by atoms with E-state index in [0.29, 0.717) is 11.4 Å². The van der Waals surface area contributed by atoms with E-state index in [1.165, 1.54) is 19.1 Å². The second-order valence-corrected chi connectivity index (χ2v) is 2.89. The van der Waals surface area contributed by atoms with Gasteiger partial charge in [0.2, 0.25) is 11.8 Å². The Morgan fingerprint density at radius 3 is 2.43 bits per heavy atom. The average Bonchev–Trinajstić information content (AvgIpc) is 2.01. The van der Waals surface area contributed by atoms with Crippen molar-refractivity contribution < 1.29 is 9.59 Å². The van der Waals surface area contributed by atoms with E-state index in [2.05, 4.69) is 5.32 Å². The SMILES string of the molecule is CC(=O)Nc1cc(N)cc(C(N)=O)c1. The number of primary amides is 1. The third-order valence-corrected chi connectivity index (χ3v) is 1.56. The standard InChI is InChI=1S/C9H11N3O2/c1-5(13)12-8-3-6(9(11)14)2-7(10)4-8/h2-4H,10H2,1H3,(H2,11,14)(H,12,13). The highest BCUT2D eigenvalue weighted by molar-refractivity contribution is 5.97. The number of carbonyl (C=O) groups is 2. The quantitative estimate of drug-likeness (QED) is 0.590. The van der Waals surface area contributed by atoms with Gasteiger partial charge in [0.1, 0.15) is 0 Å². The summed E-state index contributed by atoms with van der Waals surface area (Å²) in [5, 5.41) is 2.51. The van der Waals surface area contributed by atoms with E-state index in [4.69, 9.17) is 11.5 Å². The second kappa shape index (κ2) is 3.78. The van der Waals surface area contributed by atoms with E-state index >= 15 is 0 Å². The van der Waals surface area contributed by atoms with Crippen LogP contribution in [0, 0.1) is 0 Å². The number of anilines is 2. The van der Waals surface area contributed by atoms with Crippen LogP contribution in [0.4, 0.5) is 11.4 Å². The monoisotopic (exact) mass is 193 g/mol. The molecule has 14 heavy (non-hydrogen) atoms. The molecule has 0 saturated heterocycles. The third kappa shape index (κ3) is 2.48. The lowest BCUT2D eigenvalue weighted by Crippen LogP contribution is -2.13. The topological polar surface area (TPSA) is 98.2 Å². The Morgan fingerprint density at radius 2 is 1.93 bits per heavy atom. The summed E-state index contributed by atoms with van der Waals surface area (Å²) in [6.07, 6.45) is 0. The van der Waals surface area contributed by atoms with Crippen LogP contribution in [0.15, 0.2) is 18.2 Å². The first kappa shape index (κ1) is 10.0. The summed E-state index contributed by atoms with van der Waals surface area (Å²) in [5.41, 5.74) is 11.7. The minimum absolute atomic E-state index is 0.231. The van der Waals surface area contributed by atoms with Crippen molar-refractivity contribution >= 4 is 23.2 Å². The number of carbonyl (C=O) groups excluding carboxylic acids is 2. The molecule has 74 valence electrons. The van der Waals surface area contributed by atoms with E-state index in [9.17, 15) is 9.59 Å². The zero-order chi connectivity index (χ0) is 10.7. The predicted octanol–water partition coefficient (Wildman–Crippen LogP) is 0.326. The molecule has 0 aliphatic rings. The fraction of sp³-hybridized carbons (Fsp3) is 0.111. The van der Waals surface area contributed by atoms with Crippen LogP contribution in [0.1, 0.15) is 17.3 Å². The van der Waals surface area contributed by atoms with Gasteiger partial charge in [-0.15, -0.1) is 0 Å². The van der Waals surface area contributed by atoms with E-state index < -0.39 is 5.91 Å². The Morgan fingerprint density at radius 1 is 1.29 bits per heavy atom. The lowest BCUT2D eigenvalue weighted by atomic mass is 10.1. The summed E-state index contributed by atoms with van der Waals surface area (Å²) in [7, 11) is 0. The van der Waals surface area contributed by atoms with Gasteiger partial charge in [-0.2, -0.15) is 0 Å². The number of nitrogens with two attached hydrogens (primary N) is 2. The van der Waals surface area contributed by atoms with Crippen LogP contribution >= 0.6 is 0 Å². The van der Waals surface area contributed by atoms with Crippen LogP contribution in [0.2, 0.25) is 0 Å². The van der Waals surface area contributed by atoms with E-state index in [1.54, 1.807) is 6.07 Å². The molecule has 0 unspecified atom stereocenters. The normalized spacial score (nSPS) is 9.50. The fourth-order valence-corrected chi connectivity index (χ4v) is 1.07. The molecule has 0 atom stereocenters. The smallest absolute Gasteiger partial charge is 0.248 e. The minimum atomic E-state index is -0.580. The number of nitrogens with one attached hydrogen (secondary N) is 1. The largest absolute Gasteiger partial charge is 0.399 e. The zero-order valence-corrected chi connectivity index (χ0v) is 7.70. The van der Waals surface area contributed by atoms with Gasteiger partial charge in [-0.25, -0.2) is 0 Å². The molecule has 5 heteroatoms. The maximum atomic E-state index is 10.8. The van der Waals surface area contributed by atoms with Crippen molar-refractivity contribution in [2.24, 2.45) is 5.73 Å². The van der Waals surface area contributed by atoms with Crippen LogP contribution in [-0.2, 0) is 4.79 Å². The molecular weight excluding hydrogens is 182 g/mol. The molecule has 0 heterocycles. The molecule has 0 aromatic heterocycles. The van der Waals surface area contributed by atoms with Gasteiger partial charge in [-0.05, 0) is 18.2 Å². The Bertz CT molecular complexity index is 388. The molecule has 0 bridgehead atoms. The van der Waals surface area contributed by atoms with Crippen LogP contribution in [0.3, 0.4) is 0 Å². The van der Waals surface area contributed by atoms with Crippen LogP contribution < -0.4 is 16.8 Å². The Balaban J connectivity index is 3.07. The first-order valence-corrected chi connectivity index (χ1v) is 3.97. The molecule has 2 amide bonds. The summed E-state index contributed by atoms with van der Waals surface area (Å²) in [4.78, 5) is 21.6. The van der Waals surface area contributed by atoms with Gasteiger partial charge in [-0.3, -0.25) is 9.59 Å². The lowest BCUT2D eigenvalue weighted by molar-refractivity contribution is -0.114. The maximum absolute atomic E-state index is 10.8. The first-order valence-electron chi connectivity index (χ1n) is 3.97. The fourth-order valence-electron chi connectivity index (χ4n) is 1.07. The van der Waals surface area contributed by atoms with Crippen LogP contribution in [0.5, 0.6) is 0 Å². The zero-order valence-electron chi connectivity index (χ0n) is 7.70. The molecule has 1 rings (SSSR count). The highest BCUT2D eigenvalue weighted by atomic mass is 16.1. The molecule has 0 aliphatic heterocycles. The third-order valence-electron chi connectivity index (χ3n) is 1.56. The van der Waals surface area contributed by atoms with E-state index in [0.717, 1.165) is 0 Å². The van der Waals surface area contributed by atoms with Gasteiger partial charge >= 0.3 is 0 Å². The van der Waals surface area contributed by atoms with Gasteiger partial charge in [-0.1, -0.05) is 0 Å².